The van der Waals surface area contributed by atoms with Crippen molar-refractivity contribution in [1.29, 1.82) is 0 Å². The van der Waals surface area contributed by atoms with Crippen LogP contribution in [0.25, 0.3) is 6.08 Å². The van der Waals surface area contributed by atoms with E-state index in [1.807, 2.05) is 36.4 Å². The van der Waals surface area contributed by atoms with Gasteiger partial charge in [-0.05, 0) is 44.9 Å². The van der Waals surface area contributed by atoms with Crippen molar-refractivity contribution in [3.8, 4) is 0 Å². The predicted molar refractivity (Wildman–Crippen MR) is 73.1 cm³/mol. The summed E-state index contributed by atoms with van der Waals surface area (Å²) in [5.74, 6) is -0.208. The molecule has 0 fully saturated rings. The van der Waals surface area contributed by atoms with E-state index in [0.717, 1.165) is 5.56 Å². The van der Waals surface area contributed by atoms with E-state index in [1.165, 1.54) is 13.8 Å². The van der Waals surface area contributed by atoms with Crippen LogP contribution in [-0.2, 0) is 9.59 Å². The summed E-state index contributed by atoms with van der Waals surface area (Å²) in [6.45, 7) is 4.59. The zero-order valence-electron chi connectivity index (χ0n) is 11.1. The second-order valence-electron chi connectivity index (χ2n) is 4.57. The minimum Gasteiger partial charge on any atom is -0.299 e. The van der Waals surface area contributed by atoms with Gasteiger partial charge in [-0.3, -0.25) is 9.59 Å². The van der Waals surface area contributed by atoms with Crippen molar-refractivity contribution in [3.05, 3.63) is 47.7 Å². The van der Waals surface area contributed by atoms with Gasteiger partial charge < -0.3 is 0 Å². The highest BCUT2D eigenvalue weighted by Crippen LogP contribution is 2.24. The number of benzene rings is 1. The molecule has 18 heavy (non-hydrogen) atoms. The molecular weight excluding hydrogens is 224 g/mol. The fraction of sp³-hybridized carbons (Fsp3) is 0.312. The Morgan fingerprint density at radius 3 is 2.22 bits per heavy atom. The van der Waals surface area contributed by atoms with Crippen LogP contribution in [0.5, 0.6) is 0 Å². The second kappa shape index (κ2) is 6.13. The van der Waals surface area contributed by atoms with Crippen LogP contribution in [0.3, 0.4) is 0 Å². The second-order valence-corrected chi connectivity index (χ2v) is 4.57. The number of ketones is 2. The molecule has 0 aliphatic heterocycles. The molecule has 1 rings (SSSR count). The summed E-state index contributed by atoms with van der Waals surface area (Å²) in [5.41, 5.74) is 3.14. The molecule has 2 nitrogen and oxygen atoms in total. The fourth-order valence-corrected chi connectivity index (χ4v) is 1.50. The van der Waals surface area contributed by atoms with Crippen molar-refractivity contribution < 1.29 is 9.59 Å². The normalized spacial score (nSPS) is 10.4. The molecule has 0 saturated carbocycles. The number of carbonyl (C=O) groups is 2. The van der Waals surface area contributed by atoms with E-state index in [9.17, 15) is 9.59 Å². The molecule has 0 aromatic heterocycles. The molecule has 1 aromatic rings. The van der Waals surface area contributed by atoms with Crippen LogP contribution in [0.2, 0.25) is 0 Å². The van der Waals surface area contributed by atoms with E-state index < -0.39 is 5.41 Å². The molecule has 2 heteroatoms. The van der Waals surface area contributed by atoms with Crippen LogP contribution in [0.15, 0.2) is 42.1 Å². The molecule has 0 unspecified atom stereocenters. The lowest BCUT2D eigenvalue weighted by atomic mass is 9.79. The maximum atomic E-state index is 11.5. The standard InChI is InChI=1S/C16H18O2/c1-13(17)16(3,14(2)18)12-8-7-11-15-9-5-4-6-10-15/h4-6,8-11H,12H2,1-3H3. The van der Waals surface area contributed by atoms with Crippen molar-refractivity contribution in [2.45, 2.75) is 27.2 Å². The lowest BCUT2D eigenvalue weighted by Gasteiger charge is -2.20. The monoisotopic (exact) mass is 242 g/mol. The first kappa shape index (κ1) is 14.1. The molecule has 0 heterocycles. The molecule has 94 valence electrons. The summed E-state index contributed by atoms with van der Waals surface area (Å²) in [5, 5.41) is 0. The lowest BCUT2D eigenvalue weighted by Crippen LogP contribution is -2.32. The summed E-state index contributed by atoms with van der Waals surface area (Å²) < 4.78 is 0. The molecule has 1 aromatic carbocycles. The molecule has 0 bridgehead atoms. The van der Waals surface area contributed by atoms with E-state index in [-0.39, 0.29) is 11.6 Å². The summed E-state index contributed by atoms with van der Waals surface area (Å²) in [7, 11) is 0. The highest BCUT2D eigenvalue weighted by atomic mass is 16.2. The zero-order chi connectivity index (χ0) is 13.6. The summed E-state index contributed by atoms with van der Waals surface area (Å²) in [4.78, 5) is 23.0. The van der Waals surface area contributed by atoms with Crippen molar-refractivity contribution in [3.63, 3.8) is 0 Å². The topological polar surface area (TPSA) is 34.1 Å². The highest BCUT2D eigenvalue weighted by molar-refractivity contribution is 6.04. The Labute approximate surface area is 108 Å². The van der Waals surface area contributed by atoms with Crippen LogP contribution in [-0.4, -0.2) is 11.6 Å². The van der Waals surface area contributed by atoms with Gasteiger partial charge in [-0.2, -0.15) is 0 Å². The smallest absolute Gasteiger partial charge is 0.143 e. The quantitative estimate of drug-likeness (QED) is 0.585. The fourth-order valence-electron chi connectivity index (χ4n) is 1.50. The van der Waals surface area contributed by atoms with E-state index in [0.29, 0.717) is 6.42 Å². The Morgan fingerprint density at radius 1 is 1.17 bits per heavy atom. The van der Waals surface area contributed by atoms with Gasteiger partial charge in [0.05, 0.1) is 5.41 Å². The van der Waals surface area contributed by atoms with E-state index >= 15 is 0 Å². The molecular formula is C16H18O2. The Morgan fingerprint density at radius 2 is 1.72 bits per heavy atom. The van der Waals surface area contributed by atoms with Gasteiger partial charge in [-0.15, -0.1) is 5.73 Å². The Balaban J connectivity index is 2.78. The molecule has 0 amide bonds. The van der Waals surface area contributed by atoms with Gasteiger partial charge in [0, 0.05) is 0 Å². The predicted octanol–water partition coefficient (Wildman–Crippen LogP) is 3.43. The SMILES string of the molecule is CC(=O)C(C)(CC=C=Cc1ccccc1)C(C)=O. The number of allylic oxidation sites excluding steroid dienone is 1. The molecule has 0 aliphatic carbocycles. The van der Waals surface area contributed by atoms with Crippen LogP contribution >= 0.6 is 0 Å². The van der Waals surface area contributed by atoms with Crippen LogP contribution in [0.4, 0.5) is 0 Å². The van der Waals surface area contributed by atoms with Crippen molar-refractivity contribution in [2.75, 3.05) is 0 Å². The number of Topliss-reactive ketones (excluding diaryl/α,β-unsaturated/α-hetero) is 2. The summed E-state index contributed by atoms with van der Waals surface area (Å²) in [6.07, 6.45) is 3.97. The molecule has 0 saturated heterocycles. The minimum atomic E-state index is -0.919. The number of hydrogen-bond donors (Lipinski definition) is 0. The lowest BCUT2D eigenvalue weighted by molar-refractivity contribution is -0.137. The third-order valence-electron chi connectivity index (χ3n) is 3.23. The number of carbonyl (C=O) groups excluding carboxylic acids is 2. The maximum absolute atomic E-state index is 11.5. The third-order valence-corrected chi connectivity index (χ3v) is 3.23. The van der Waals surface area contributed by atoms with Crippen molar-refractivity contribution >= 4 is 17.6 Å². The van der Waals surface area contributed by atoms with E-state index in [2.05, 4.69) is 5.73 Å². The average molecular weight is 242 g/mol. The first-order valence-electron chi connectivity index (χ1n) is 5.95. The largest absolute Gasteiger partial charge is 0.299 e. The first-order valence-corrected chi connectivity index (χ1v) is 5.95. The maximum Gasteiger partial charge on any atom is 0.143 e. The molecule has 0 aliphatic rings. The van der Waals surface area contributed by atoms with Crippen LogP contribution < -0.4 is 0 Å². The van der Waals surface area contributed by atoms with Gasteiger partial charge in [0.2, 0.25) is 0 Å². The Hall–Kier alpha value is -1.92. The van der Waals surface area contributed by atoms with E-state index in [4.69, 9.17) is 0 Å². The molecule has 0 spiro atoms. The van der Waals surface area contributed by atoms with Gasteiger partial charge >= 0.3 is 0 Å². The Bertz CT molecular complexity index is 477. The van der Waals surface area contributed by atoms with Crippen molar-refractivity contribution in [2.24, 2.45) is 5.41 Å². The molecule has 0 radical (unpaired) electrons. The average Bonchev–Trinajstić information content (AvgIpc) is 2.35. The minimum absolute atomic E-state index is 0.104. The van der Waals surface area contributed by atoms with Crippen molar-refractivity contribution in [1.82, 2.24) is 0 Å². The molecule has 0 atom stereocenters. The first-order chi connectivity index (χ1) is 8.47. The van der Waals surface area contributed by atoms with Gasteiger partial charge in [-0.25, -0.2) is 0 Å². The van der Waals surface area contributed by atoms with Gasteiger partial charge in [-0.1, -0.05) is 30.3 Å². The van der Waals surface area contributed by atoms with Crippen LogP contribution in [0.1, 0.15) is 32.8 Å². The van der Waals surface area contributed by atoms with Crippen LogP contribution in [0, 0.1) is 5.41 Å². The summed E-state index contributed by atoms with van der Waals surface area (Å²) in [6, 6.07) is 9.78. The van der Waals surface area contributed by atoms with Gasteiger partial charge in [0.25, 0.3) is 0 Å². The Kier molecular flexibility index (Phi) is 4.82. The summed E-state index contributed by atoms with van der Waals surface area (Å²) >= 11 is 0. The highest BCUT2D eigenvalue weighted by Gasteiger charge is 2.33. The number of hydrogen-bond acceptors (Lipinski definition) is 2. The van der Waals surface area contributed by atoms with Gasteiger partial charge in [0.1, 0.15) is 11.6 Å². The van der Waals surface area contributed by atoms with Gasteiger partial charge in [0.15, 0.2) is 0 Å². The molecule has 0 N–H and O–H groups in total. The zero-order valence-corrected chi connectivity index (χ0v) is 11.1. The third kappa shape index (κ3) is 3.54. The van der Waals surface area contributed by atoms with E-state index in [1.54, 1.807) is 13.0 Å². The number of rotatable bonds is 5.